The SMILES string of the molecule is CCOc1ccc(-n2c(-c3ccccc3)cc(/C=N\NC(=O)Cc3ccccc3)c2-c2ccccc2)cc1. The maximum absolute atomic E-state index is 12.5. The molecule has 1 aromatic heterocycles. The van der Waals surface area contributed by atoms with Gasteiger partial charge in [0.15, 0.2) is 0 Å². The summed E-state index contributed by atoms with van der Waals surface area (Å²) in [7, 11) is 0. The van der Waals surface area contributed by atoms with Crippen molar-refractivity contribution in [1.29, 1.82) is 0 Å². The van der Waals surface area contributed by atoms with E-state index >= 15 is 0 Å². The molecule has 0 fully saturated rings. The quantitative estimate of drug-likeness (QED) is 0.177. The lowest BCUT2D eigenvalue weighted by Gasteiger charge is -2.15. The lowest BCUT2D eigenvalue weighted by Crippen LogP contribution is -2.19. The average molecular weight is 500 g/mol. The Labute approximate surface area is 223 Å². The van der Waals surface area contributed by atoms with Crippen LogP contribution in [0, 0.1) is 0 Å². The normalized spacial score (nSPS) is 11.0. The van der Waals surface area contributed by atoms with Gasteiger partial charge in [0.25, 0.3) is 0 Å². The average Bonchev–Trinajstić information content (AvgIpc) is 3.34. The third kappa shape index (κ3) is 5.73. The standard InChI is InChI=1S/C33H29N3O2/c1-2-38-30-20-18-29(19-21-30)36-31(26-14-8-4-9-15-26)23-28(33(36)27-16-10-5-11-17-27)24-34-35-32(37)22-25-12-6-3-7-13-25/h3-21,23-24H,2,22H2,1H3,(H,35,37)/b34-24-. The second-order valence-corrected chi connectivity index (χ2v) is 8.78. The molecule has 38 heavy (non-hydrogen) atoms. The third-order valence-corrected chi connectivity index (χ3v) is 6.15. The van der Waals surface area contributed by atoms with Crippen molar-refractivity contribution in [2.24, 2.45) is 5.10 Å². The van der Waals surface area contributed by atoms with Crippen molar-refractivity contribution in [1.82, 2.24) is 9.99 Å². The van der Waals surface area contributed by atoms with Crippen LogP contribution in [0.4, 0.5) is 0 Å². The summed E-state index contributed by atoms with van der Waals surface area (Å²) in [4.78, 5) is 12.5. The maximum atomic E-state index is 12.5. The Kier molecular flexibility index (Phi) is 7.75. The Bertz CT molecular complexity index is 1510. The largest absolute Gasteiger partial charge is 0.494 e. The number of ether oxygens (including phenoxy) is 1. The molecule has 0 spiro atoms. The lowest BCUT2D eigenvalue weighted by atomic mass is 10.1. The second-order valence-electron chi connectivity index (χ2n) is 8.78. The molecular weight excluding hydrogens is 470 g/mol. The minimum atomic E-state index is -0.164. The Morgan fingerprint density at radius 1 is 0.816 bits per heavy atom. The summed E-state index contributed by atoms with van der Waals surface area (Å²) in [5.74, 6) is 0.664. The van der Waals surface area contributed by atoms with Crippen molar-refractivity contribution in [3.8, 4) is 34.0 Å². The number of benzene rings is 4. The zero-order chi connectivity index (χ0) is 26.2. The Morgan fingerprint density at radius 3 is 2.05 bits per heavy atom. The molecule has 0 saturated carbocycles. The second kappa shape index (κ2) is 11.9. The fourth-order valence-corrected chi connectivity index (χ4v) is 4.46. The zero-order valence-electron chi connectivity index (χ0n) is 21.2. The van der Waals surface area contributed by atoms with E-state index in [1.54, 1.807) is 6.21 Å². The molecule has 5 nitrogen and oxygen atoms in total. The first-order valence-electron chi connectivity index (χ1n) is 12.7. The fourth-order valence-electron chi connectivity index (χ4n) is 4.46. The van der Waals surface area contributed by atoms with E-state index in [1.165, 1.54) is 0 Å². The van der Waals surface area contributed by atoms with Gasteiger partial charge in [0.2, 0.25) is 5.91 Å². The van der Waals surface area contributed by atoms with Crippen LogP contribution in [0.15, 0.2) is 126 Å². The number of hydrogen-bond acceptors (Lipinski definition) is 3. The number of carbonyl (C=O) groups excluding carboxylic acids is 1. The molecule has 0 atom stereocenters. The van der Waals surface area contributed by atoms with E-state index in [2.05, 4.69) is 57.6 Å². The van der Waals surface area contributed by atoms with Crippen LogP contribution in [0.3, 0.4) is 0 Å². The smallest absolute Gasteiger partial charge is 0.244 e. The van der Waals surface area contributed by atoms with Crippen molar-refractivity contribution < 1.29 is 9.53 Å². The number of amides is 1. The number of nitrogens with one attached hydrogen (secondary N) is 1. The van der Waals surface area contributed by atoms with Gasteiger partial charge in [0, 0.05) is 11.3 Å². The van der Waals surface area contributed by atoms with Gasteiger partial charge in [0.05, 0.1) is 30.6 Å². The minimum Gasteiger partial charge on any atom is -0.494 e. The number of carbonyl (C=O) groups is 1. The molecule has 1 amide bonds. The molecular formula is C33H29N3O2. The van der Waals surface area contributed by atoms with E-state index in [9.17, 15) is 4.79 Å². The van der Waals surface area contributed by atoms with Gasteiger partial charge in [-0.1, -0.05) is 91.0 Å². The molecule has 4 aromatic carbocycles. The van der Waals surface area contributed by atoms with Crippen LogP contribution in [0.2, 0.25) is 0 Å². The van der Waals surface area contributed by atoms with Crippen LogP contribution < -0.4 is 10.2 Å². The van der Waals surface area contributed by atoms with Crippen LogP contribution in [0.5, 0.6) is 5.75 Å². The molecule has 0 radical (unpaired) electrons. The summed E-state index contributed by atoms with van der Waals surface area (Å²) in [5, 5.41) is 4.35. The molecule has 0 unspecified atom stereocenters. The van der Waals surface area contributed by atoms with E-state index in [-0.39, 0.29) is 12.3 Å². The molecule has 0 aliphatic rings. The summed E-state index contributed by atoms with van der Waals surface area (Å²) in [5.41, 5.74) is 9.64. The Balaban J connectivity index is 1.57. The summed E-state index contributed by atoms with van der Waals surface area (Å²) >= 11 is 0. The van der Waals surface area contributed by atoms with E-state index in [0.29, 0.717) is 6.61 Å². The number of hydrogen-bond donors (Lipinski definition) is 1. The molecule has 5 aromatic rings. The van der Waals surface area contributed by atoms with Gasteiger partial charge < -0.3 is 9.30 Å². The van der Waals surface area contributed by atoms with Crippen LogP contribution in [0.25, 0.3) is 28.2 Å². The summed E-state index contributed by atoms with van der Waals surface area (Å²) in [6.07, 6.45) is 1.99. The highest BCUT2D eigenvalue weighted by Crippen LogP contribution is 2.35. The van der Waals surface area contributed by atoms with Gasteiger partial charge in [-0.15, -0.1) is 0 Å². The number of hydrazone groups is 1. The van der Waals surface area contributed by atoms with Gasteiger partial charge >= 0.3 is 0 Å². The highest BCUT2D eigenvalue weighted by Gasteiger charge is 2.19. The molecule has 0 aliphatic heterocycles. The van der Waals surface area contributed by atoms with E-state index in [0.717, 1.165) is 45.1 Å². The maximum Gasteiger partial charge on any atom is 0.244 e. The van der Waals surface area contributed by atoms with Crippen molar-refractivity contribution in [3.63, 3.8) is 0 Å². The van der Waals surface area contributed by atoms with Crippen molar-refractivity contribution in [2.75, 3.05) is 6.61 Å². The predicted molar refractivity (Wildman–Crippen MR) is 154 cm³/mol. The minimum absolute atomic E-state index is 0.164. The van der Waals surface area contributed by atoms with Crippen molar-refractivity contribution in [3.05, 3.63) is 132 Å². The van der Waals surface area contributed by atoms with Crippen molar-refractivity contribution >= 4 is 12.1 Å². The first-order valence-corrected chi connectivity index (χ1v) is 12.7. The van der Waals surface area contributed by atoms with Crippen LogP contribution in [0.1, 0.15) is 18.1 Å². The third-order valence-electron chi connectivity index (χ3n) is 6.15. The Hall–Kier alpha value is -4.90. The molecule has 0 bridgehead atoms. The summed E-state index contributed by atoms with van der Waals surface area (Å²) < 4.78 is 7.91. The van der Waals surface area contributed by atoms with Crippen LogP contribution in [-0.2, 0) is 11.2 Å². The Morgan fingerprint density at radius 2 is 1.42 bits per heavy atom. The number of aromatic nitrogens is 1. The monoisotopic (exact) mass is 499 g/mol. The molecule has 5 rings (SSSR count). The van der Waals surface area contributed by atoms with Gasteiger partial charge in [-0.05, 0) is 53.9 Å². The fraction of sp³-hybridized carbons (Fsp3) is 0.0909. The van der Waals surface area contributed by atoms with Crippen LogP contribution in [-0.4, -0.2) is 23.3 Å². The van der Waals surface area contributed by atoms with Crippen LogP contribution >= 0.6 is 0 Å². The van der Waals surface area contributed by atoms with Gasteiger partial charge in [-0.2, -0.15) is 5.10 Å². The highest BCUT2D eigenvalue weighted by atomic mass is 16.5. The molecule has 0 saturated heterocycles. The van der Waals surface area contributed by atoms with Gasteiger partial charge in [0.1, 0.15) is 5.75 Å². The molecule has 1 heterocycles. The number of nitrogens with zero attached hydrogens (tertiary/aromatic N) is 2. The van der Waals surface area contributed by atoms with E-state index < -0.39 is 0 Å². The zero-order valence-corrected chi connectivity index (χ0v) is 21.2. The van der Waals surface area contributed by atoms with Gasteiger partial charge in [-0.25, -0.2) is 5.43 Å². The molecule has 5 heteroatoms. The molecule has 0 aliphatic carbocycles. The first kappa shape index (κ1) is 24.8. The predicted octanol–water partition coefficient (Wildman–Crippen LogP) is 6.90. The van der Waals surface area contributed by atoms with Crippen molar-refractivity contribution in [2.45, 2.75) is 13.3 Å². The number of rotatable bonds is 9. The summed E-state index contributed by atoms with van der Waals surface area (Å²) in [6.45, 7) is 2.59. The highest BCUT2D eigenvalue weighted by molar-refractivity contribution is 5.94. The van der Waals surface area contributed by atoms with E-state index in [1.807, 2.05) is 85.8 Å². The van der Waals surface area contributed by atoms with Gasteiger partial charge in [-0.3, -0.25) is 4.79 Å². The topological polar surface area (TPSA) is 55.6 Å². The van der Waals surface area contributed by atoms with E-state index in [4.69, 9.17) is 4.74 Å². The molecule has 1 N–H and O–H groups in total. The lowest BCUT2D eigenvalue weighted by molar-refractivity contribution is -0.120. The molecule has 188 valence electrons. The summed E-state index contributed by atoms with van der Waals surface area (Å²) in [6, 6.07) is 40.3. The first-order chi connectivity index (χ1) is 18.7.